The van der Waals surface area contributed by atoms with Gasteiger partial charge >= 0.3 is 0 Å². The Morgan fingerprint density at radius 1 is 1.03 bits per heavy atom. The molecule has 1 heterocycles. The molecule has 2 amide bonds. The highest BCUT2D eigenvalue weighted by atomic mass is 32.1. The van der Waals surface area contributed by atoms with Gasteiger partial charge in [0.15, 0.2) is 0 Å². The van der Waals surface area contributed by atoms with Gasteiger partial charge in [-0.15, -0.1) is 12.6 Å². The number of hydrogen-bond donors (Lipinski definition) is 4. The number of anilines is 1. The number of hydrogen-bond acceptors (Lipinski definition) is 5. The van der Waals surface area contributed by atoms with Gasteiger partial charge in [-0.25, -0.2) is 0 Å². The van der Waals surface area contributed by atoms with Crippen LogP contribution >= 0.6 is 12.6 Å². The van der Waals surface area contributed by atoms with E-state index in [1.54, 1.807) is 7.11 Å². The molecule has 7 heteroatoms. The van der Waals surface area contributed by atoms with Gasteiger partial charge in [-0.2, -0.15) is 0 Å². The van der Waals surface area contributed by atoms with Crippen LogP contribution in [0.4, 0.5) is 5.69 Å². The van der Waals surface area contributed by atoms with Crippen molar-refractivity contribution in [3.8, 4) is 16.9 Å². The monoisotopic (exact) mass is 407 g/mol. The Balaban J connectivity index is 1.86. The van der Waals surface area contributed by atoms with E-state index in [4.69, 9.17) is 10.5 Å². The van der Waals surface area contributed by atoms with Gasteiger partial charge in [0.2, 0.25) is 11.8 Å². The minimum Gasteiger partial charge on any atom is -0.497 e. The Kier molecular flexibility index (Phi) is 5.07. The van der Waals surface area contributed by atoms with E-state index in [0.717, 1.165) is 27.5 Å². The van der Waals surface area contributed by atoms with E-state index in [1.165, 1.54) is 0 Å². The molecule has 0 aromatic heterocycles. The second kappa shape index (κ2) is 7.67. The molecule has 0 radical (unpaired) electrons. The molecule has 1 saturated heterocycles. The maximum absolute atomic E-state index is 12.4. The summed E-state index contributed by atoms with van der Waals surface area (Å²) >= 11 is 4.11. The molecule has 1 aliphatic heterocycles. The van der Waals surface area contributed by atoms with Crippen LogP contribution in [0.2, 0.25) is 0 Å². The first-order valence-corrected chi connectivity index (χ1v) is 9.73. The number of carbonyl (C=O) groups is 2. The molecule has 29 heavy (non-hydrogen) atoms. The Hall–Kier alpha value is -3.19. The lowest BCUT2D eigenvalue weighted by atomic mass is 9.88. The van der Waals surface area contributed by atoms with Gasteiger partial charge in [0.25, 0.3) is 0 Å². The summed E-state index contributed by atoms with van der Waals surface area (Å²) in [6.07, 6.45) is 0.236. The summed E-state index contributed by atoms with van der Waals surface area (Å²) in [6.45, 7) is 0. The Morgan fingerprint density at radius 3 is 2.48 bits per heavy atom. The quantitative estimate of drug-likeness (QED) is 0.304. The van der Waals surface area contributed by atoms with E-state index in [-0.39, 0.29) is 18.2 Å². The summed E-state index contributed by atoms with van der Waals surface area (Å²) in [6, 6.07) is 17.4. The average molecular weight is 407 g/mol. The molecule has 0 unspecified atom stereocenters. The lowest BCUT2D eigenvalue weighted by Crippen LogP contribution is -2.57. The van der Waals surface area contributed by atoms with Crippen molar-refractivity contribution in [2.45, 2.75) is 11.9 Å². The third-order valence-electron chi connectivity index (χ3n) is 5.16. The van der Waals surface area contributed by atoms with Gasteiger partial charge in [-0.3, -0.25) is 9.59 Å². The molecule has 0 spiro atoms. The van der Waals surface area contributed by atoms with Crippen molar-refractivity contribution >= 4 is 40.9 Å². The van der Waals surface area contributed by atoms with Crippen LogP contribution in [0.1, 0.15) is 5.56 Å². The van der Waals surface area contributed by atoms with E-state index in [2.05, 4.69) is 23.3 Å². The highest BCUT2D eigenvalue weighted by molar-refractivity contribution is 7.80. The normalized spacial score (nSPS) is 19.0. The molecule has 148 valence electrons. The van der Waals surface area contributed by atoms with Crippen LogP contribution in [0.15, 0.2) is 54.6 Å². The first kappa shape index (κ1) is 19.1. The minimum absolute atomic E-state index is 0.236. The van der Waals surface area contributed by atoms with E-state index in [9.17, 15) is 9.59 Å². The SMILES string of the molecule is COc1ccc(CC2C(=O)NC(S)NC2=O)c(-c2c(N)ccc3ccccc23)c1. The van der Waals surface area contributed by atoms with E-state index in [1.807, 2.05) is 54.6 Å². The first-order chi connectivity index (χ1) is 14.0. The Morgan fingerprint density at radius 2 is 1.76 bits per heavy atom. The number of amides is 2. The highest BCUT2D eigenvalue weighted by Crippen LogP contribution is 2.38. The van der Waals surface area contributed by atoms with Crippen molar-refractivity contribution in [2.75, 3.05) is 12.8 Å². The summed E-state index contributed by atoms with van der Waals surface area (Å²) in [4.78, 5) is 24.8. The number of nitrogen functional groups attached to an aromatic ring is 1. The summed E-state index contributed by atoms with van der Waals surface area (Å²) in [7, 11) is 1.60. The van der Waals surface area contributed by atoms with Crippen LogP contribution in [0.5, 0.6) is 5.75 Å². The zero-order valence-electron chi connectivity index (χ0n) is 15.8. The summed E-state index contributed by atoms with van der Waals surface area (Å²) < 4.78 is 5.42. The van der Waals surface area contributed by atoms with Gasteiger partial charge in [0, 0.05) is 11.3 Å². The maximum atomic E-state index is 12.4. The highest BCUT2D eigenvalue weighted by Gasteiger charge is 2.34. The molecule has 1 fully saturated rings. The van der Waals surface area contributed by atoms with Crippen molar-refractivity contribution in [2.24, 2.45) is 5.92 Å². The van der Waals surface area contributed by atoms with Crippen molar-refractivity contribution in [3.05, 3.63) is 60.2 Å². The molecule has 0 bridgehead atoms. The number of carbonyl (C=O) groups excluding carboxylic acids is 2. The number of methoxy groups -OCH3 is 1. The predicted octanol–water partition coefficient (Wildman–Crippen LogP) is 2.72. The molecular weight excluding hydrogens is 386 g/mol. The van der Waals surface area contributed by atoms with Crippen molar-refractivity contribution < 1.29 is 14.3 Å². The van der Waals surface area contributed by atoms with Crippen LogP contribution < -0.4 is 21.1 Å². The third kappa shape index (κ3) is 3.61. The second-order valence-corrected chi connectivity index (χ2v) is 7.47. The largest absolute Gasteiger partial charge is 0.497 e. The standard InChI is InChI=1S/C22H21N3O3S/c1-28-14-8-6-13(10-17-20(26)24-22(29)25-21(17)27)16(11-14)19-15-5-3-2-4-12(15)7-9-18(19)23/h2-9,11,17,22,29H,10,23H2,1H3,(H,24,26)(H,25,27). The fourth-order valence-corrected chi connectivity index (χ4v) is 3.97. The summed E-state index contributed by atoms with van der Waals surface area (Å²) in [5.41, 5.74) is 8.86. The van der Waals surface area contributed by atoms with Gasteiger partial charge in [0.05, 0.1) is 7.11 Å². The van der Waals surface area contributed by atoms with Crippen LogP contribution in [0.3, 0.4) is 0 Å². The lowest BCUT2D eigenvalue weighted by molar-refractivity contribution is -0.138. The van der Waals surface area contributed by atoms with E-state index >= 15 is 0 Å². The molecule has 3 aromatic rings. The molecule has 3 aromatic carbocycles. The first-order valence-electron chi connectivity index (χ1n) is 9.21. The van der Waals surface area contributed by atoms with Gasteiger partial charge in [0.1, 0.15) is 17.2 Å². The minimum atomic E-state index is -0.846. The molecule has 1 aliphatic rings. The van der Waals surface area contributed by atoms with Crippen molar-refractivity contribution in [3.63, 3.8) is 0 Å². The van der Waals surface area contributed by atoms with Crippen LogP contribution in [-0.4, -0.2) is 24.4 Å². The molecule has 0 saturated carbocycles. The number of nitrogens with one attached hydrogen (secondary N) is 2. The van der Waals surface area contributed by atoms with Crippen molar-refractivity contribution in [1.29, 1.82) is 0 Å². The summed E-state index contributed by atoms with van der Waals surface area (Å²) in [5, 5.41) is 7.34. The Labute approximate surface area is 173 Å². The van der Waals surface area contributed by atoms with Crippen LogP contribution in [-0.2, 0) is 16.0 Å². The van der Waals surface area contributed by atoms with Crippen LogP contribution in [0.25, 0.3) is 21.9 Å². The van der Waals surface area contributed by atoms with E-state index < -0.39 is 11.4 Å². The average Bonchev–Trinajstić information content (AvgIpc) is 2.71. The molecule has 0 atom stereocenters. The zero-order chi connectivity index (χ0) is 20.5. The van der Waals surface area contributed by atoms with Crippen LogP contribution in [0, 0.1) is 5.92 Å². The van der Waals surface area contributed by atoms with Gasteiger partial charge in [-0.05, 0) is 46.5 Å². The topological polar surface area (TPSA) is 93.5 Å². The number of nitrogens with two attached hydrogens (primary N) is 1. The predicted molar refractivity (Wildman–Crippen MR) is 117 cm³/mol. The molecule has 4 rings (SSSR count). The number of fused-ring (bicyclic) bond motifs is 1. The van der Waals surface area contributed by atoms with Crippen molar-refractivity contribution in [1.82, 2.24) is 10.6 Å². The third-order valence-corrected chi connectivity index (χ3v) is 5.42. The molecular formula is C22H21N3O3S. The lowest BCUT2D eigenvalue weighted by Gasteiger charge is -2.27. The number of ether oxygens (including phenoxy) is 1. The van der Waals surface area contributed by atoms with Gasteiger partial charge in [-0.1, -0.05) is 36.4 Å². The number of thiol groups is 1. The fourth-order valence-electron chi connectivity index (χ4n) is 3.71. The van der Waals surface area contributed by atoms with E-state index in [0.29, 0.717) is 11.4 Å². The smallest absolute Gasteiger partial charge is 0.235 e. The molecule has 0 aliphatic carbocycles. The number of benzene rings is 3. The second-order valence-electron chi connectivity index (χ2n) is 6.95. The maximum Gasteiger partial charge on any atom is 0.235 e. The molecule has 4 N–H and O–H groups in total. The zero-order valence-corrected chi connectivity index (χ0v) is 16.7. The summed E-state index contributed by atoms with van der Waals surface area (Å²) in [5.74, 6) is -0.867. The number of rotatable bonds is 4. The fraction of sp³-hybridized carbons (Fsp3) is 0.182. The Bertz CT molecular complexity index is 1100. The van der Waals surface area contributed by atoms with Gasteiger partial charge < -0.3 is 21.1 Å². The molecule has 6 nitrogen and oxygen atoms in total.